The first kappa shape index (κ1) is 20.3. The molecule has 3 N–H and O–H groups in total. The van der Waals surface area contributed by atoms with Gasteiger partial charge in [0.05, 0.1) is 5.54 Å². The molecule has 1 aliphatic rings. The number of para-hydroxylation sites is 1. The number of benzene rings is 2. The molecule has 0 saturated heterocycles. The van der Waals surface area contributed by atoms with Gasteiger partial charge in [0.15, 0.2) is 0 Å². The van der Waals surface area contributed by atoms with Crippen LogP contribution in [-0.2, 0) is 17.9 Å². The molecule has 140 valence electrons. The van der Waals surface area contributed by atoms with Crippen molar-refractivity contribution >= 4 is 18.3 Å². The quantitative estimate of drug-likeness (QED) is 0.804. The molecular formula is C21H27ClN2O2. The highest BCUT2D eigenvalue weighted by molar-refractivity contribution is 5.86. The maximum absolute atomic E-state index is 12.5. The van der Waals surface area contributed by atoms with Crippen molar-refractivity contribution in [2.24, 2.45) is 5.73 Å². The van der Waals surface area contributed by atoms with Gasteiger partial charge >= 0.3 is 0 Å². The Bertz CT molecular complexity index is 700. The molecule has 0 heterocycles. The number of nitrogens with one attached hydrogen (secondary N) is 1. The molecular weight excluding hydrogens is 348 g/mol. The highest BCUT2D eigenvalue weighted by Crippen LogP contribution is 2.26. The van der Waals surface area contributed by atoms with Crippen molar-refractivity contribution in [2.75, 3.05) is 0 Å². The van der Waals surface area contributed by atoms with E-state index in [-0.39, 0.29) is 18.3 Å². The number of halogens is 1. The van der Waals surface area contributed by atoms with Gasteiger partial charge in [-0.25, -0.2) is 0 Å². The molecule has 1 amide bonds. The second kappa shape index (κ2) is 9.60. The fraction of sp³-hybridized carbons (Fsp3) is 0.381. The summed E-state index contributed by atoms with van der Waals surface area (Å²) in [5, 5.41) is 3.00. The molecule has 0 aromatic heterocycles. The zero-order valence-electron chi connectivity index (χ0n) is 14.9. The molecule has 0 unspecified atom stereocenters. The van der Waals surface area contributed by atoms with Gasteiger partial charge in [-0.2, -0.15) is 0 Å². The van der Waals surface area contributed by atoms with Gasteiger partial charge in [-0.1, -0.05) is 67.8 Å². The Labute approximate surface area is 161 Å². The Morgan fingerprint density at radius 3 is 2.38 bits per heavy atom. The van der Waals surface area contributed by atoms with E-state index in [1.807, 2.05) is 54.6 Å². The van der Waals surface area contributed by atoms with Crippen LogP contribution in [-0.4, -0.2) is 11.4 Å². The van der Waals surface area contributed by atoms with Crippen molar-refractivity contribution < 1.29 is 9.53 Å². The zero-order valence-corrected chi connectivity index (χ0v) is 15.8. The summed E-state index contributed by atoms with van der Waals surface area (Å²) in [5.74, 6) is 0.742. The molecule has 26 heavy (non-hydrogen) atoms. The van der Waals surface area contributed by atoms with Crippen LogP contribution in [0.1, 0.15) is 43.2 Å². The topological polar surface area (TPSA) is 64.4 Å². The number of rotatable bonds is 6. The summed E-state index contributed by atoms with van der Waals surface area (Å²) in [5.41, 5.74) is 7.67. The molecule has 1 saturated carbocycles. The molecule has 0 radical (unpaired) electrons. The second-order valence-electron chi connectivity index (χ2n) is 6.78. The van der Waals surface area contributed by atoms with E-state index in [1.54, 1.807) is 0 Å². The van der Waals surface area contributed by atoms with Gasteiger partial charge in [-0.15, -0.1) is 12.4 Å². The molecule has 0 bridgehead atoms. The third-order valence-corrected chi connectivity index (χ3v) is 4.85. The maximum Gasteiger partial charge on any atom is 0.240 e. The molecule has 4 nitrogen and oxygen atoms in total. The lowest BCUT2D eigenvalue weighted by atomic mass is 9.82. The number of hydrogen-bond acceptors (Lipinski definition) is 3. The van der Waals surface area contributed by atoms with Crippen LogP contribution in [0.25, 0.3) is 0 Å². The highest BCUT2D eigenvalue weighted by Gasteiger charge is 2.34. The van der Waals surface area contributed by atoms with Crippen molar-refractivity contribution in [3.63, 3.8) is 0 Å². The summed E-state index contributed by atoms with van der Waals surface area (Å²) in [6, 6.07) is 17.9. The van der Waals surface area contributed by atoms with Crippen molar-refractivity contribution in [2.45, 2.75) is 50.8 Å². The molecule has 2 aromatic carbocycles. The van der Waals surface area contributed by atoms with E-state index in [4.69, 9.17) is 10.5 Å². The summed E-state index contributed by atoms with van der Waals surface area (Å²) in [6.07, 6.45) is 4.76. The van der Waals surface area contributed by atoms with Gasteiger partial charge in [0.1, 0.15) is 12.4 Å². The maximum atomic E-state index is 12.5. The van der Waals surface area contributed by atoms with E-state index in [0.29, 0.717) is 13.2 Å². The Morgan fingerprint density at radius 1 is 1.00 bits per heavy atom. The van der Waals surface area contributed by atoms with Gasteiger partial charge in [-0.3, -0.25) is 4.79 Å². The average molecular weight is 375 g/mol. The molecule has 0 atom stereocenters. The molecule has 1 fully saturated rings. The Morgan fingerprint density at radius 2 is 1.65 bits per heavy atom. The minimum atomic E-state index is -0.710. The molecule has 0 aliphatic heterocycles. The molecule has 5 heteroatoms. The number of nitrogens with two attached hydrogens (primary N) is 1. The summed E-state index contributed by atoms with van der Waals surface area (Å²) in [6.45, 7) is 0.940. The van der Waals surface area contributed by atoms with Crippen molar-refractivity contribution in [3.8, 4) is 5.75 Å². The SMILES string of the molecule is Cl.NC1(C(=O)NCc2ccccc2OCc2ccccc2)CCCCC1. The Hall–Kier alpha value is -2.04. The number of amides is 1. The van der Waals surface area contributed by atoms with Crippen LogP contribution in [0.15, 0.2) is 54.6 Å². The van der Waals surface area contributed by atoms with Gasteiger partial charge in [0.2, 0.25) is 5.91 Å². The van der Waals surface area contributed by atoms with Gasteiger partial charge in [0, 0.05) is 12.1 Å². The summed E-state index contributed by atoms with van der Waals surface area (Å²) in [7, 11) is 0. The van der Waals surface area contributed by atoms with Crippen molar-refractivity contribution in [1.82, 2.24) is 5.32 Å². The Balaban J connectivity index is 0.00000243. The smallest absolute Gasteiger partial charge is 0.240 e. The van der Waals surface area contributed by atoms with E-state index in [2.05, 4.69) is 5.32 Å². The van der Waals surface area contributed by atoms with E-state index >= 15 is 0 Å². The lowest BCUT2D eigenvalue weighted by Gasteiger charge is -2.31. The summed E-state index contributed by atoms with van der Waals surface area (Å²) < 4.78 is 5.94. The standard InChI is InChI=1S/C21H26N2O2.ClH/c22-21(13-7-2-8-14-21)20(24)23-15-18-11-5-6-12-19(18)25-16-17-9-3-1-4-10-17;/h1,3-6,9-12H,2,7-8,13-16,22H2,(H,23,24);1H. The van der Waals surface area contributed by atoms with Crippen LogP contribution >= 0.6 is 12.4 Å². The third-order valence-electron chi connectivity index (χ3n) is 4.85. The van der Waals surface area contributed by atoms with Crippen LogP contribution in [0.3, 0.4) is 0 Å². The lowest BCUT2D eigenvalue weighted by molar-refractivity contribution is -0.127. The minimum absolute atomic E-state index is 0. The molecule has 3 rings (SSSR count). The average Bonchev–Trinajstić information content (AvgIpc) is 2.66. The van der Waals surface area contributed by atoms with E-state index in [0.717, 1.165) is 42.6 Å². The van der Waals surface area contributed by atoms with Crippen molar-refractivity contribution in [3.05, 3.63) is 65.7 Å². The fourth-order valence-corrected chi connectivity index (χ4v) is 3.29. The minimum Gasteiger partial charge on any atom is -0.489 e. The summed E-state index contributed by atoms with van der Waals surface area (Å²) >= 11 is 0. The van der Waals surface area contributed by atoms with E-state index in [9.17, 15) is 4.79 Å². The Kier molecular flexibility index (Phi) is 7.49. The monoisotopic (exact) mass is 374 g/mol. The first-order chi connectivity index (χ1) is 12.2. The number of hydrogen-bond donors (Lipinski definition) is 2. The van der Waals surface area contributed by atoms with Crippen LogP contribution in [0.5, 0.6) is 5.75 Å². The highest BCUT2D eigenvalue weighted by atomic mass is 35.5. The molecule has 2 aromatic rings. The number of carbonyl (C=O) groups excluding carboxylic acids is 1. The van der Waals surface area contributed by atoms with Crippen LogP contribution in [0, 0.1) is 0 Å². The fourth-order valence-electron chi connectivity index (χ4n) is 3.29. The van der Waals surface area contributed by atoms with Crippen LogP contribution in [0.2, 0.25) is 0 Å². The first-order valence-electron chi connectivity index (χ1n) is 8.99. The predicted octanol–water partition coefficient (Wildman–Crippen LogP) is 3.97. The second-order valence-corrected chi connectivity index (χ2v) is 6.78. The number of carbonyl (C=O) groups is 1. The normalized spacial score (nSPS) is 15.6. The zero-order chi connectivity index (χ0) is 17.5. The molecule has 0 spiro atoms. The van der Waals surface area contributed by atoms with Crippen LogP contribution < -0.4 is 15.8 Å². The molecule has 1 aliphatic carbocycles. The van der Waals surface area contributed by atoms with Crippen LogP contribution in [0.4, 0.5) is 0 Å². The lowest BCUT2D eigenvalue weighted by Crippen LogP contribution is -2.54. The number of ether oxygens (including phenoxy) is 1. The van der Waals surface area contributed by atoms with E-state index < -0.39 is 5.54 Å². The first-order valence-corrected chi connectivity index (χ1v) is 8.99. The third kappa shape index (κ3) is 5.23. The van der Waals surface area contributed by atoms with Gasteiger partial charge in [-0.05, 0) is 24.5 Å². The largest absolute Gasteiger partial charge is 0.489 e. The van der Waals surface area contributed by atoms with E-state index in [1.165, 1.54) is 6.42 Å². The van der Waals surface area contributed by atoms with Gasteiger partial charge in [0.25, 0.3) is 0 Å². The predicted molar refractivity (Wildman–Crippen MR) is 106 cm³/mol. The summed E-state index contributed by atoms with van der Waals surface area (Å²) in [4.78, 5) is 12.5. The van der Waals surface area contributed by atoms with Gasteiger partial charge < -0.3 is 15.8 Å². The van der Waals surface area contributed by atoms with Crippen molar-refractivity contribution in [1.29, 1.82) is 0 Å².